The highest BCUT2D eigenvalue weighted by atomic mass is 35.5. The zero-order valence-corrected chi connectivity index (χ0v) is 11.5. The second-order valence-corrected chi connectivity index (χ2v) is 5.50. The van der Waals surface area contributed by atoms with E-state index in [0.29, 0.717) is 6.54 Å². The summed E-state index contributed by atoms with van der Waals surface area (Å²) < 4.78 is 1.90. The van der Waals surface area contributed by atoms with Gasteiger partial charge in [0, 0.05) is 10.6 Å². The normalized spacial score (nSPS) is 14.6. The summed E-state index contributed by atoms with van der Waals surface area (Å²) in [6.07, 6.45) is 4.57. The number of rotatable bonds is 2. The molecule has 1 aliphatic rings. The Bertz CT molecular complexity index is 558. The molecule has 0 unspecified atom stereocenters. The zero-order chi connectivity index (χ0) is 12.5. The Balaban J connectivity index is 1.88. The molecule has 1 aromatic heterocycles. The molecule has 2 aromatic rings. The van der Waals surface area contributed by atoms with E-state index in [4.69, 9.17) is 23.2 Å². The van der Waals surface area contributed by atoms with E-state index in [-0.39, 0.29) is 0 Å². The number of benzene rings is 1. The minimum atomic E-state index is 0.711. The molecule has 0 saturated heterocycles. The lowest BCUT2D eigenvalue weighted by molar-refractivity contribution is 0.646. The van der Waals surface area contributed by atoms with Gasteiger partial charge in [0.2, 0.25) is 0 Å². The summed E-state index contributed by atoms with van der Waals surface area (Å²) in [7, 11) is 0. The average Bonchev–Trinajstić information content (AvgIpc) is 2.70. The lowest BCUT2D eigenvalue weighted by Crippen LogP contribution is -2.02. The number of aromatic nitrogens is 2. The predicted molar refractivity (Wildman–Crippen MR) is 74.4 cm³/mol. The summed E-state index contributed by atoms with van der Waals surface area (Å²) >= 11 is 12.3. The minimum Gasteiger partial charge on any atom is -0.249 e. The number of halogens is 2. The van der Waals surface area contributed by atoms with Crippen LogP contribution in [0.1, 0.15) is 29.7 Å². The highest BCUT2D eigenvalue weighted by Crippen LogP contribution is 2.28. The van der Waals surface area contributed by atoms with Gasteiger partial charge in [0.1, 0.15) is 5.15 Å². The highest BCUT2D eigenvalue weighted by Gasteiger charge is 2.19. The quantitative estimate of drug-likeness (QED) is 0.809. The van der Waals surface area contributed by atoms with Crippen LogP contribution in [0, 0.1) is 0 Å². The van der Waals surface area contributed by atoms with Gasteiger partial charge in [0.05, 0.1) is 12.2 Å². The Morgan fingerprint density at radius 1 is 1.06 bits per heavy atom. The van der Waals surface area contributed by atoms with Gasteiger partial charge in [-0.15, -0.1) is 0 Å². The smallest absolute Gasteiger partial charge is 0.130 e. The topological polar surface area (TPSA) is 17.8 Å². The van der Waals surface area contributed by atoms with Gasteiger partial charge in [-0.1, -0.05) is 35.3 Å². The van der Waals surface area contributed by atoms with Gasteiger partial charge in [-0.2, -0.15) is 5.10 Å². The van der Waals surface area contributed by atoms with E-state index in [2.05, 4.69) is 5.10 Å². The third-order valence-electron chi connectivity index (χ3n) is 3.40. The molecule has 0 amide bonds. The summed E-state index contributed by atoms with van der Waals surface area (Å²) in [5, 5.41) is 6.18. The van der Waals surface area contributed by atoms with Crippen molar-refractivity contribution in [2.45, 2.75) is 32.2 Å². The molecule has 0 fully saturated rings. The summed E-state index contributed by atoms with van der Waals surface area (Å²) in [6.45, 7) is 0.711. The summed E-state index contributed by atoms with van der Waals surface area (Å²) in [6, 6.07) is 7.82. The first kappa shape index (κ1) is 12.1. The van der Waals surface area contributed by atoms with Gasteiger partial charge in [0.25, 0.3) is 0 Å². The van der Waals surface area contributed by atoms with Gasteiger partial charge >= 0.3 is 0 Å². The second kappa shape index (κ2) is 4.94. The van der Waals surface area contributed by atoms with Gasteiger partial charge < -0.3 is 0 Å². The number of aryl methyl sites for hydroxylation is 1. The van der Waals surface area contributed by atoms with E-state index >= 15 is 0 Å². The maximum atomic E-state index is 6.40. The number of hydrogen-bond acceptors (Lipinski definition) is 1. The first-order chi connectivity index (χ1) is 8.74. The van der Waals surface area contributed by atoms with Gasteiger partial charge in [-0.25, -0.2) is 4.68 Å². The monoisotopic (exact) mass is 280 g/mol. The van der Waals surface area contributed by atoms with Crippen molar-refractivity contribution in [1.82, 2.24) is 9.78 Å². The van der Waals surface area contributed by atoms with Gasteiger partial charge in [-0.3, -0.25) is 0 Å². The van der Waals surface area contributed by atoms with Crippen molar-refractivity contribution >= 4 is 23.2 Å². The standard InChI is InChI=1S/C14H14Cl2N2/c15-11-7-5-10(6-8-11)9-18-14(16)12-3-1-2-4-13(12)17-18/h5-8H,1-4,9H2. The first-order valence-corrected chi connectivity index (χ1v) is 6.98. The van der Waals surface area contributed by atoms with Crippen LogP contribution in [0.25, 0.3) is 0 Å². The van der Waals surface area contributed by atoms with Crippen molar-refractivity contribution in [1.29, 1.82) is 0 Å². The lowest BCUT2D eigenvalue weighted by Gasteiger charge is -2.08. The van der Waals surface area contributed by atoms with Crippen LogP contribution >= 0.6 is 23.2 Å². The summed E-state index contributed by atoms with van der Waals surface area (Å²) in [4.78, 5) is 0. The van der Waals surface area contributed by atoms with Crippen LogP contribution in [-0.4, -0.2) is 9.78 Å². The Hall–Kier alpha value is -0.990. The van der Waals surface area contributed by atoms with Crippen LogP contribution in [-0.2, 0) is 19.4 Å². The molecule has 0 aliphatic heterocycles. The molecule has 0 atom stereocenters. The molecule has 0 N–H and O–H groups in total. The van der Waals surface area contributed by atoms with Crippen molar-refractivity contribution in [2.75, 3.05) is 0 Å². The maximum Gasteiger partial charge on any atom is 0.130 e. The van der Waals surface area contributed by atoms with Crippen LogP contribution in [0.2, 0.25) is 10.2 Å². The predicted octanol–water partition coefficient (Wildman–Crippen LogP) is 4.12. The van der Waals surface area contributed by atoms with Crippen LogP contribution in [0.4, 0.5) is 0 Å². The SMILES string of the molecule is Clc1ccc(Cn2nc3c(c2Cl)CCCC3)cc1. The third kappa shape index (κ3) is 2.27. The van der Waals surface area contributed by atoms with E-state index in [1.165, 1.54) is 29.7 Å². The molecule has 0 saturated carbocycles. The van der Waals surface area contributed by atoms with Crippen molar-refractivity contribution in [2.24, 2.45) is 0 Å². The van der Waals surface area contributed by atoms with E-state index in [0.717, 1.165) is 23.0 Å². The van der Waals surface area contributed by atoms with Gasteiger partial charge in [0.15, 0.2) is 0 Å². The van der Waals surface area contributed by atoms with E-state index in [9.17, 15) is 0 Å². The van der Waals surface area contributed by atoms with Crippen LogP contribution in [0.3, 0.4) is 0 Å². The number of fused-ring (bicyclic) bond motifs is 1. The Morgan fingerprint density at radius 2 is 1.78 bits per heavy atom. The van der Waals surface area contributed by atoms with Crippen molar-refractivity contribution in [3.63, 3.8) is 0 Å². The largest absolute Gasteiger partial charge is 0.249 e. The molecule has 0 radical (unpaired) electrons. The lowest BCUT2D eigenvalue weighted by atomic mass is 9.99. The van der Waals surface area contributed by atoms with Crippen LogP contribution in [0.5, 0.6) is 0 Å². The molecular formula is C14H14Cl2N2. The Morgan fingerprint density at radius 3 is 2.50 bits per heavy atom. The first-order valence-electron chi connectivity index (χ1n) is 6.22. The van der Waals surface area contributed by atoms with E-state index < -0.39 is 0 Å². The van der Waals surface area contributed by atoms with E-state index in [1.807, 2.05) is 28.9 Å². The average molecular weight is 281 g/mol. The third-order valence-corrected chi connectivity index (χ3v) is 4.08. The molecule has 1 heterocycles. The van der Waals surface area contributed by atoms with Crippen LogP contribution in [0.15, 0.2) is 24.3 Å². The minimum absolute atomic E-state index is 0.711. The molecule has 3 rings (SSSR count). The Kier molecular flexibility index (Phi) is 3.31. The number of hydrogen-bond donors (Lipinski definition) is 0. The molecule has 0 bridgehead atoms. The summed E-state index contributed by atoms with van der Waals surface area (Å²) in [5.41, 5.74) is 3.60. The molecule has 1 aromatic carbocycles. The molecule has 94 valence electrons. The van der Waals surface area contributed by atoms with Gasteiger partial charge in [-0.05, 0) is 43.4 Å². The Labute approximate surface area is 117 Å². The number of nitrogens with zero attached hydrogens (tertiary/aromatic N) is 2. The fourth-order valence-electron chi connectivity index (χ4n) is 2.43. The molecule has 2 nitrogen and oxygen atoms in total. The van der Waals surface area contributed by atoms with E-state index in [1.54, 1.807) is 0 Å². The second-order valence-electron chi connectivity index (χ2n) is 4.71. The molecule has 4 heteroatoms. The summed E-state index contributed by atoms with van der Waals surface area (Å²) in [5.74, 6) is 0. The van der Waals surface area contributed by atoms with Crippen molar-refractivity contribution < 1.29 is 0 Å². The van der Waals surface area contributed by atoms with Crippen molar-refractivity contribution in [3.05, 3.63) is 51.3 Å². The zero-order valence-electron chi connectivity index (χ0n) is 10.00. The molecule has 0 spiro atoms. The molecule has 1 aliphatic carbocycles. The molecule has 18 heavy (non-hydrogen) atoms. The maximum absolute atomic E-state index is 6.40. The van der Waals surface area contributed by atoms with Crippen molar-refractivity contribution in [3.8, 4) is 0 Å². The fraction of sp³-hybridized carbons (Fsp3) is 0.357. The molecular weight excluding hydrogens is 267 g/mol. The highest BCUT2D eigenvalue weighted by molar-refractivity contribution is 6.30. The van der Waals surface area contributed by atoms with Crippen LogP contribution < -0.4 is 0 Å². The fourth-order valence-corrected chi connectivity index (χ4v) is 2.86.